The van der Waals surface area contributed by atoms with Crippen LogP contribution in [-0.2, 0) is 9.59 Å². The third kappa shape index (κ3) is 5.70. The molecule has 21 heavy (non-hydrogen) atoms. The molecule has 1 aromatic carbocycles. The fraction of sp³-hybridized carbons (Fsp3) is 0.308. The Morgan fingerprint density at radius 1 is 1.19 bits per heavy atom. The molecule has 0 aliphatic rings. The van der Waals surface area contributed by atoms with Crippen LogP contribution in [0.4, 0.5) is 0 Å². The first-order chi connectivity index (χ1) is 9.47. The van der Waals surface area contributed by atoms with E-state index in [-0.39, 0.29) is 35.9 Å². The van der Waals surface area contributed by atoms with Crippen molar-refractivity contribution in [3.8, 4) is 0 Å². The Kier molecular flexibility index (Phi) is 8.59. The van der Waals surface area contributed by atoms with E-state index in [0.717, 1.165) is 5.01 Å². The number of benzene rings is 1. The Hall–Kier alpha value is -1.64. The molecule has 1 rings (SSSR count). The minimum atomic E-state index is -1.26. The number of hydrogen-bond donors (Lipinski definition) is 3. The van der Waals surface area contributed by atoms with Crippen molar-refractivity contribution in [3.63, 3.8) is 0 Å². The van der Waals surface area contributed by atoms with Crippen LogP contribution in [0.3, 0.4) is 0 Å². The number of hydrazine groups is 1. The van der Waals surface area contributed by atoms with Crippen molar-refractivity contribution in [1.82, 2.24) is 10.4 Å². The van der Waals surface area contributed by atoms with Crippen molar-refractivity contribution in [1.29, 1.82) is 0 Å². The van der Waals surface area contributed by atoms with Gasteiger partial charge in [-0.2, -0.15) is 0 Å². The summed E-state index contributed by atoms with van der Waals surface area (Å²) in [6.45, 7) is 0. The number of hydrogen-bond acceptors (Lipinski definition) is 4. The van der Waals surface area contributed by atoms with E-state index >= 15 is 0 Å². The molecule has 0 aliphatic heterocycles. The predicted octanol–water partition coefficient (Wildman–Crippen LogP) is -0.335. The van der Waals surface area contributed by atoms with Gasteiger partial charge in [-0.3, -0.25) is 14.6 Å². The molecule has 3 N–H and O–H groups in total. The van der Waals surface area contributed by atoms with Crippen LogP contribution in [0.15, 0.2) is 30.3 Å². The fourth-order valence-corrected chi connectivity index (χ4v) is 1.74. The maximum atomic E-state index is 12.2. The van der Waals surface area contributed by atoms with Gasteiger partial charge in [0.2, 0.25) is 0 Å². The molecule has 1 unspecified atom stereocenters. The zero-order valence-electron chi connectivity index (χ0n) is 10.9. The first-order valence-electron chi connectivity index (χ1n) is 5.98. The summed E-state index contributed by atoms with van der Waals surface area (Å²) in [6, 6.07) is 6.93. The van der Waals surface area contributed by atoms with E-state index in [4.69, 9.17) is 10.2 Å². The van der Waals surface area contributed by atoms with E-state index in [1.54, 1.807) is 30.3 Å². The second-order valence-corrected chi connectivity index (χ2v) is 4.05. The average Bonchev–Trinajstić information content (AvgIpc) is 2.43. The van der Waals surface area contributed by atoms with Gasteiger partial charge in [0.25, 0.3) is 5.91 Å². The highest BCUT2D eigenvalue weighted by molar-refractivity contribution is 5.96. The lowest BCUT2D eigenvalue weighted by atomic mass is 10.1. The third-order valence-corrected chi connectivity index (χ3v) is 2.71. The number of nitrogens with zero attached hydrogens (tertiary/aromatic N) is 1. The van der Waals surface area contributed by atoms with Crippen LogP contribution in [0, 0.1) is 0 Å². The summed E-state index contributed by atoms with van der Waals surface area (Å²) in [7, 11) is 1.41. The number of carboxylic acid groups (broad SMARTS) is 2. The van der Waals surface area contributed by atoms with Crippen molar-refractivity contribution in [2.24, 2.45) is 0 Å². The van der Waals surface area contributed by atoms with E-state index in [2.05, 4.69) is 5.43 Å². The van der Waals surface area contributed by atoms with Gasteiger partial charge in [0.1, 0.15) is 6.04 Å². The summed E-state index contributed by atoms with van der Waals surface area (Å²) in [5, 5.41) is 18.7. The molecule has 1 amide bonds. The van der Waals surface area contributed by atoms with Crippen LogP contribution in [0.5, 0.6) is 0 Å². The van der Waals surface area contributed by atoms with Gasteiger partial charge in [-0.1, -0.05) is 18.2 Å². The first-order valence-corrected chi connectivity index (χ1v) is 5.98. The van der Waals surface area contributed by atoms with Crippen molar-refractivity contribution < 1.29 is 24.6 Å². The second kappa shape index (κ2) is 9.32. The normalized spacial score (nSPS) is 11.1. The molecule has 0 saturated heterocycles. The Labute approximate surface area is 138 Å². The quantitative estimate of drug-likeness (QED) is 0.470. The van der Waals surface area contributed by atoms with Crippen LogP contribution in [0.1, 0.15) is 23.2 Å². The maximum Gasteiger partial charge on any atom is 0.328 e. The lowest BCUT2D eigenvalue weighted by molar-refractivity contribution is -0.144. The molecule has 1 aromatic rings. The van der Waals surface area contributed by atoms with E-state index in [1.165, 1.54) is 7.05 Å². The molecule has 112 valence electrons. The molecule has 1 atom stereocenters. The topological polar surface area (TPSA) is 107 Å². The summed E-state index contributed by atoms with van der Waals surface area (Å²) >= 11 is 0. The van der Waals surface area contributed by atoms with Gasteiger partial charge in [-0.25, -0.2) is 10.2 Å². The van der Waals surface area contributed by atoms with Crippen molar-refractivity contribution in [3.05, 3.63) is 35.9 Å². The molecule has 8 heteroatoms. The number of amides is 1. The summed E-state index contributed by atoms with van der Waals surface area (Å²) < 4.78 is 0. The lowest BCUT2D eigenvalue weighted by Crippen LogP contribution is -2.51. The van der Waals surface area contributed by atoms with Crippen molar-refractivity contribution in [2.75, 3.05) is 7.05 Å². The number of carbonyl (C=O) groups excluding carboxylic acids is 1. The number of carboxylic acids is 2. The van der Waals surface area contributed by atoms with Crippen LogP contribution < -0.4 is 5.43 Å². The van der Waals surface area contributed by atoms with Gasteiger partial charge in [-0.15, -0.1) is 0 Å². The Bertz CT molecular complexity index is 495. The smallest absolute Gasteiger partial charge is 0.328 e. The molecular weight excluding hydrogens is 288 g/mol. The third-order valence-electron chi connectivity index (χ3n) is 2.71. The molecular formula is C13H18MgN2O5. The zero-order chi connectivity index (χ0) is 15.1. The highest BCUT2D eigenvalue weighted by Crippen LogP contribution is 2.11. The largest absolute Gasteiger partial charge is 0.481 e. The van der Waals surface area contributed by atoms with Gasteiger partial charge in [0.15, 0.2) is 0 Å². The summed E-state index contributed by atoms with van der Waals surface area (Å²) in [5.41, 5.74) is 2.84. The van der Waals surface area contributed by atoms with Gasteiger partial charge in [0, 0.05) is 19.0 Å². The molecule has 0 heterocycles. The number of nitrogens with one attached hydrogen (secondary N) is 1. The summed E-state index contributed by atoms with van der Waals surface area (Å²) in [5.74, 6) is -2.89. The minimum absolute atomic E-state index is 0. The molecule has 0 bridgehead atoms. The van der Waals surface area contributed by atoms with E-state index in [1.807, 2.05) is 0 Å². The van der Waals surface area contributed by atoms with E-state index in [0.29, 0.717) is 5.56 Å². The first kappa shape index (κ1) is 19.4. The lowest BCUT2D eigenvalue weighted by Gasteiger charge is -2.27. The Balaban J connectivity index is 0.00000400. The van der Waals surface area contributed by atoms with E-state index < -0.39 is 23.9 Å². The van der Waals surface area contributed by atoms with Crippen molar-refractivity contribution in [2.45, 2.75) is 18.9 Å². The summed E-state index contributed by atoms with van der Waals surface area (Å²) in [6.07, 6.45) is -0.513. The zero-order valence-corrected chi connectivity index (χ0v) is 10.9. The highest BCUT2D eigenvalue weighted by atomic mass is 24.3. The minimum Gasteiger partial charge on any atom is -0.481 e. The fourth-order valence-electron chi connectivity index (χ4n) is 1.74. The predicted molar refractivity (Wildman–Crippen MR) is 78.5 cm³/mol. The summed E-state index contributed by atoms with van der Waals surface area (Å²) in [4.78, 5) is 34.0. The van der Waals surface area contributed by atoms with Crippen LogP contribution in [-0.4, -0.2) is 69.2 Å². The highest BCUT2D eigenvalue weighted by Gasteiger charge is 2.30. The molecule has 0 aromatic heterocycles. The molecule has 0 fully saturated rings. The average molecular weight is 307 g/mol. The standard InChI is InChI=1S/C13H16N2O5.Mg.2H/c1-14-15(10(13(19)20)7-8-11(16)17)12(18)9-5-3-2-4-6-9;;;/h2-6,10,14H,7-8H2,1H3,(H,16,17)(H,19,20);;;. The van der Waals surface area contributed by atoms with E-state index in [9.17, 15) is 14.4 Å². The van der Waals surface area contributed by atoms with Crippen molar-refractivity contribution >= 4 is 40.9 Å². The van der Waals surface area contributed by atoms with Gasteiger partial charge < -0.3 is 10.2 Å². The molecule has 0 radical (unpaired) electrons. The van der Waals surface area contributed by atoms with Gasteiger partial charge in [0.05, 0.1) is 0 Å². The maximum absolute atomic E-state index is 12.2. The molecule has 7 nitrogen and oxygen atoms in total. The van der Waals surface area contributed by atoms with Gasteiger partial charge in [-0.05, 0) is 18.6 Å². The number of carbonyl (C=O) groups is 3. The second-order valence-electron chi connectivity index (χ2n) is 4.05. The van der Waals surface area contributed by atoms with Crippen LogP contribution in [0.25, 0.3) is 0 Å². The monoisotopic (exact) mass is 306 g/mol. The molecule has 0 aliphatic carbocycles. The van der Waals surface area contributed by atoms with Crippen LogP contribution >= 0.6 is 0 Å². The molecule has 0 saturated carbocycles. The van der Waals surface area contributed by atoms with Gasteiger partial charge >= 0.3 is 35.0 Å². The number of rotatable bonds is 7. The SMILES string of the molecule is CNN(C(=O)c1ccccc1)C(CCC(=O)O)C(=O)O.[MgH2]. The molecule has 0 spiro atoms. The number of aliphatic carboxylic acids is 2. The Morgan fingerprint density at radius 3 is 2.19 bits per heavy atom. The Morgan fingerprint density at radius 2 is 1.76 bits per heavy atom. The van der Waals surface area contributed by atoms with Crippen LogP contribution in [0.2, 0.25) is 0 Å².